The minimum absolute atomic E-state index is 0.0343. The number of hydrogen-bond acceptors (Lipinski definition) is 2. The molecule has 0 bridgehead atoms. The average molecular weight is 324 g/mol. The van der Waals surface area contributed by atoms with E-state index in [9.17, 15) is 4.79 Å². The standard InChI is InChI=1S/C20H37NO2/c1-4-5-6-7-8-9-10-11-12-13-14-15-16-18(2)20(23)21-19(3)17-22/h14-16,19,22H,4-13,17H2,1-3H3,(H,21,23)/b15-14-,18-16+/t19-/m0/s1. The molecule has 0 rings (SSSR count). The van der Waals surface area contributed by atoms with Crippen LogP contribution in [0.2, 0.25) is 0 Å². The molecule has 0 saturated carbocycles. The summed E-state index contributed by atoms with van der Waals surface area (Å²) in [4.78, 5) is 11.7. The van der Waals surface area contributed by atoms with Crippen molar-refractivity contribution in [3.63, 3.8) is 0 Å². The molecule has 0 aliphatic carbocycles. The molecule has 0 heterocycles. The first-order valence-corrected chi connectivity index (χ1v) is 9.37. The number of hydrogen-bond donors (Lipinski definition) is 2. The molecule has 0 spiro atoms. The minimum Gasteiger partial charge on any atom is -0.394 e. The van der Waals surface area contributed by atoms with E-state index < -0.39 is 0 Å². The fraction of sp³-hybridized carbons (Fsp3) is 0.750. The van der Waals surface area contributed by atoms with Crippen molar-refractivity contribution < 1.29 is 9.90 Å². The van der Waals surface area contributed by atoms with Crippen LogP contribution in [0.1, 0.15) is 85.0 Å². The molecule has 1 amide bonds. The van der Waals surface area contributed by atoms with Crippen LogP contribution in [-0.2, 0) is 4.79 Å². The molecule has 1 atom stereocenters. The first kappa shape index (κ1) is 21.9. The zero-order valence-electron chi connectivity index (χ0n) is 15.4. The minimum atomic E-state index is -0.197. The largest absolute Gasteiger partial charge is 0.394 e. The maximum atomic E-state index is 11.7. The Morgan fingerprint density at radius 2 is 1.61 bits per heavy atom. The van der Waals surface area contributed by atoms with Gasteiger partial charge in [0.25, 0.3) is 0 Å². The monoisotopic (exact) mass is 323 g/mol. The van der Waals surface area contributed by atoms with E-state index in [1.54, 1.807) is 13.8 Å². The van der Waals surface area contributed by atoms with Gasteiger partial charge in [0.15, 0.2) is 0 Å². The highest BCUT2D eigenvalue weighted by Crippen LogP contribution is 2.10. The molecular formula is C20H37NO2. The normalized spacial score (nSPS) is 13.5. The molecule has 0 radical (unpaired) electrons. The summed E-state index contributed by atoms with van der Waals surface area (Å²) in [5.41, 5.74) is 0.675. The van der Waals surface area contributed by atoms with Crippen molar-refractivity contribution in [1.82, 2.24) is 5.32 Å². The summed E-state index contributed by atoms with van der Waals surface area (Å²) >= 11 is 0. The Morgan fingerprint density at radius 1 is 1.04 bits per heavy atom. The smallest absolute Gasteiger partial charge is 0.247 e. The van der Waals surface area contributed by atoms with Gasteiger partial charge in [-0.3, -0.25) is 4.79 Å². The van der Waals surface area contributed by atoms with E-state index in [0.29, 0.717) is 5.57 Å². The van der Waals surface area contributed by atoms with Crippen LogP contribution in [0.4, 0.5) is 0 Å². The molecule has 3 heteroatoms. The molecule has 2 N–H and O–H groups in total. The Balaban J connectivity index is 3.59. The van der Waals surface area contributed by atoms with Crippen molar-refractivity contribution >= 4 is 5.91 Å². The van der Waals surface area contributed by atoms with Gasteiger partial charge < -0.3 is 10.4 Å². The molecule has 3 nitrogen and oxygen atoms in total. The second-order valence-corrected chi connectivity index (χ2v) is 6.45. The van der Waals surface area contributed by atoms with E-state index in [0.717, 1.165) is 6.42 Å². The summed E-state index contributed by atoms with van der Waals surface area (Å²) in [6, 6.07) is -0.197. The fourth-order valence-corrected chi connectivity index (χ4v) is 2.34. The number of aliphatic hydroxyl groups excluding tert-OH is 1. The van der Waals surface area contributed by atoms with Gasteiger partial charge in [-0.25, -0.2) is 0 Å². The van der Waals surface area contributed by atoms with Gasteiger partial charge in [0.2, 0.25) is 5.91 Å². The van der Waals surface area contributed by atoms with Crippen LogP contribution >= 0.6 is 0 Å². The van der Waals surface area contributed by atoms with Gasteiger partial charge in [-0.15, -0.1) is 0 Å². The third-order valence-corrected chi connectivity index (χ3v) is 3.97. The number of allylic oxidation sites excluding steroid dienone is 3. The summed E-state index contributed by atoms with van der Waals surface area (Å²) in [6.07, 6.45) is 19.1. The van der Waals surface area contributed by atoms with Crippen molar-refractivity contribution in [3.05, 3.63) is 23.8 Å². The number of amides is 1. The lowest BCUT2D eigenvalue weighted by atomic mass is 10.1. The van der Waals surface area contributed by atoms with Gasteiger partial charge in [-0.05, 0) is 26.7 Å². The molecule has 0 unspecified atom stereocenters. The number of nitrogens with one attached hydrogen (secondary N) is 1. The molecule has 0 aromatic rings. The molecule has 23 heavy (non-hydrogen) atoms. The zero-order chi connectivity index (χ0) is 17.3. The average Bonchev–Trinajstić information content (AvgIpc) is 2.55. The number of rotatable bonds is 14. The Kier molecular flexibility index (Phi) is 15.0. The van der Waals surface area contributed by atoms with Crippen molar-refractivity contribution in [2.45, 2.75) is 91.0 Å². The van der Waals surface area contributed by atoms with Crippen LogP contribution in [-0.4, -0.2) is 23.7 Å². The zero-order valence-corrected chi connectivity index (χ0v) is 15.4. The van der Waals surface area contributed by atoms with Crippen LogP contribution in [0.5, 0.6) is 0 Å². The van der Waals surface area contributed by atoms with E-state index in [1.165, 1.54) is 57.8 Å². The van der Waals surface area contributed by atoms with Crippen LogP contribution in [0.25, 0.3) is 0 Å². The first-order chi connectivity index (χ1) is 11.1. The van der Waals surface area contributed by atoms with Crippen LogP contribution < -0.4 is 5.32 Å². The lowest BCUT2D eigenvalue weighted by Gasteiger charge is -2.10. The van der Waals surface area contributed by atoms with E-state index in [-0.39, 0.29) is 18.6 Å². The number of carbonyl (C=O) groups is 1. The molecule has 0 aliphatic rings. The summed E-state index contributed by atoms with van der Waals surface area (Å²) in [5.74, 6) is -0.112. The molecular weight excluding hydrogens is 286 g/mol. The summed E-state index contributed by atoms with van der Waals surface area (Å²) in [7, 11) is 0. The van der Waals surface area contributed by atoms with Crippen LogP contribution in [0.3, 0.4) is 0 Å². The second kappa shape index (κ2) is 15.8. The van der Waals surface area contributed by atoms with Crippen molar-refractivity contribution in [2.75, 3.05) is 6.61 Å². The topological polar surface area (TPSA) is 49.3 Å². The predicted molar refractivity (Wildman–Crippen MR) is 99.4 cm³/mol. The van der Waals surface area contributed by atoms with Crippen molar-refractivity contribution in [1.29, 1.82) is 0 Å². The highest BCUT2D eigenvalue weighted by molar-refractivity contribution is 5.93. The molecule has 0 aromatic heterocycles. The van der Waals surface area contributed by atoms with E-state index in [2.05, 4.69) is 18.3 Å². The van der Waals surface area contributed by atoms with Gasteiger partial charge in [0.1, 0.15) is 0 Å². The van der Waals surface area contributed by atoms with Gasteiger partial charge in [-0.1, -0.05) is 76.5 Å². The fourth-order valence-electron chi connectivity index (χ4n) is 2.34. The van der Waals surface area contributed by atoms with E-state index in [4.69, 9.17) is 5.11 Å². The Bertz CT molecular complexity index is 348. The summed E-state index contributed by atoms with van der Waals surface area (Å²) in [5, 5.41) is 11.6. The predicted octanol–water partition coefficient (Wildman–Crippen LogP) is 4.91. The highest BCUT2D eigenvalue weighted by atomic mass is 16.3. The van der Waals surface area contributed by atoms with Crippen molar-refractivity contribution in [3.8, 4) is 0 Å². The first-order valence-electron chi connectivity index (χ1n) is 9.37. The lowest BCUT2D eigenvalue weighted by Crippen LogP contribution is -2.35. The number of aliphatic hydroxyl groups is 1. The second-order valence-electron chi connectivity index (χ2n) is 6.45. The van der Waals surface area contributed by atoms with E-state index >= 15 is 0 Å². The Hall–Kier alpha value is -1.09. The molecule has 0 aromatic carbocycles. The Morgan fingerprint density at radius 3 is 2.17 bits per heavy atom. The molecule has 0 saturated heterocycles. The highest BCUT2D eigenvalue weighted by Gasteiger charge is 2.06. The van der Waals surface area contributed by atoms with Crippen molar-refractivity contribution in [2.24, 2.45) is 0 Å². The summed E-state index contributed by atoms with van der Waals surface area (Å²) in [6.45, 7) is 5.80. The van der Waals surface area contributed by atoms with Crippen LogP contribution in [0, 0.1) is 0 Å². The molecule has 0 aliphatic heterocycles. The summed E-state index contributed by atoms with van der Waals surface area (Å²) < 4.78 is 0. The lowest BCUT2D eigenvalue weighted by molar-refractivity contribution is -0.118. The maximum absolute atomic E-state index is 11.7. The number of carbonyl (C=O) groups excluding carboxylic acids is 1. The number of unbranched alkanes of at least 4 members (excludes halogenated alkanes) is 9. The third-order valence-electron chi connectivity index (χ3n) is 3.97. The van der Waals surface area contributed by atoms with Gasteiger partial charge in [0, 0.05) is 11.6 Å². The molecule has 134 valence electrons. The van der Waals surface area contributed by atoms with Gasteiger partial charge in [0.05, 0.1) is 6.61 Å². The third kappa shape index (κ3) is 14.2. The van der Waals surface area contributed by atoms with Crippen LogP contribution in [0.15, 0.2) is 23.8 Å². The SMILES string of the molecule is CCCCCCCCCCC/C=C\C=C(/C)C(=O)N[C@@H](C)CO. The van der Waals surface area contributed by atoms with Gasteiger partial charge in [-0.2, -0.15) is 0 Å². The molecule has 0 fully saturated rings. The van der Waals surface area contributed by atoms with E-state index in [1.807, 2.05) is 12.2 Å². The maximum Gasteiger partial charge on any atom is 0.247 e. The Labute approximate surface area is 143 Å². The van der Waals surface area contributed by atoms with Gasteiger partial charge >= 0.3 is 0 Å². The quantitative estimate of drug-likeness (QED) is 0.271.